The highest BCUT2D eigenvalue weighted by Gasteiger charge is 2.51. The van der Waals surface area contributed by atoms with Crippen LogP contribution in [-0.4, -0.2) is 57.1 Å². The van der Waals surface area contributed by atoms with E-state index < -0.39 is 5.54 Å². The summed E-state index contributed by atoms with van der Waals surface area (Å²) >= 11 is 0. The Bertz CT molecular complexity index is 582. The second-order valence-electron chi connectivity index (χ2n) is 6.46. The van der Waals surface area contributed by atoms with Crippen LogP contribution in [0.2, 0.25) is 0 Å². The summed E-state index contributed by atoms with van der Waals surface area (Å²) in [7, 11) is 3.73. The van der Waals surface area contributed by atoms with Gasteiger partial charge in [0.05, 0.1) is 0 Å². The zero-order valence-corrected chi connectivity index (χ0v) is 13.4. The molecule has 0 N–H and O–H groups in total. The van der Waals surface area contributed by atoms with Crippen molar-refractivity contribution in [2.75, 3.05) is 20.1 Å². The maximum absolute atomic E-state index is 12.7. The molecule has 0 aromatic carbocycles. The Hall–Kier alpha value is -1.85. The van der Waals surface area contributed by atoms with Crippen LogP contribution in [0.4, 0.5) is 0 Å². The van der Waals surface area contributed by atoms with E-state index in [0.717, 1.165) is 37.9 Å². The quantitative estimate of drug-likeness (QED) is 0.836. The minimum absolute atomic E-state index is 0.0994. The Labute approximate surface area is 131 Å². The minimum Gasteiger partial charge on any atom is -0.344 e. The zero-order valence-electron chi connectivity index (χ0n) is 13.4. The number of amides is 2. The molecule has 120 valence electrons. The fraction of sp³-hybridized carbons (Fsp3) is 0.688. The van der Waals surface area contributed by atoms with Crippen LogP contribution >= 0.6 is 0 Å². The Morgan fingerprint density at radius 3 is 2.68 bits per heavy atom. The van der Waals surface area contributed by atoms with E-state index in [1.807, 2.05) is 25.1 Å². The molecule has 2 aliphatic rings. The summed E-state index contributed by atoms with van der Waals surface area (Å²) in [5, 5.41) is 4.13. The molecular weight excluding hydrogens is 280 g/mol. The number of likely N-dealkylation sites (N-methyl/N-ethyl adjacent to an activating group) is 1. The maximum Gasteiger partial charge on any atom is 0.248 e. The van der Waals surface area contributed by atoms with Crippen molar-refractivity contribution < 1.29 is 9.59 Å². The van der Waals surface area contributed by atoms with Crippen molar-refractivity contribution in [2.24, 2.45) is 7.05 Å². The van der Waals surface area contributed by atoms with Crippen LogP contribution in [0.15, 0.2) is 12.3 Å². The van der Waals surface area contributed by atoms with Crippen molar-refractivity contribution in [1.29, 1.82) is 0 Å². The lowest BCUT2D eigenvalue weighted by Gasteiger charge is -2.43. The van der Waals surface area contributed by atoms with E-state index in [0.29, 0.717) is 19.4 Å². The van der Waals surface area contributed by atoms with Crippen molar-refractivity contribution in [1.82, 2.24) is 19.6 Å². The summed E-state index contributed by atoms with van der Waals surface area (Å²) in [4.78, 5) is 29.0. The van der Waals surface area contributed by atoms with E-state index in [2.05, 4.69) is 5.10 Å². The first kappa shape index (κ1) is 15.1. The molecule has 3 rings (SSSR count). The van der Waals surface area contributed by atoms with Crippen LogP contribution in [0.25, 0.3) is 0 Å². The Morgan fingerprint density at radius 2 is 2.00 bits per heavy atom. The Morgan fingerprint density at radius 1 is 1.27 bits per heavy atom. The molecule has 22 heavy (non-hydrogen) atoms. The molecule has 1 aromatic rings. The van der Waals surface area contributed by atoms with Crippen LogP contribution < -0.4 is 0 Å². The molecule has 0 radical (unpaired) electrons. The lowest BCUT2D eigenvalue weighted by Crippen LogP contribution is -2.60. The van der Waals surface area contributed by atoms with E-state index in [9.17, 15) is 9.59 Å². The number of aryl methyl sites for hydroxylation is 2. The molecule has 6 heteroatoms. The van der Waals surface area contributed by atoms with Gasteiger partial charge in [-0.1, -0.05) is 0 Å². The van der Waals surface area contributed by atoms with Gasteiger partial charge in [-0.15, -0.1) is 0 Å². The zero-order chi connectivity index (χ0) is 15.7. The third-order valence-corrected chi connectivity index (χ3v) is 5.14. The van der Waals surface area contributed by atoms with Gasteiger partial charge in [0, 0.05) is 45.5 Å². The van der Waals surface area contributed by atoms with E-state index in [-0.39, 0.29) is 11.8 Å². The molecule has 0 aliphatic carbocycles. The first-order chi connectivity index (χ1) is 10.5. The van der Waals surface area contributed by atoms with Gasteiger partial charge in [0.2, 0.25) is 11.8 Å². The van der Waals surface area contributed by atoms with Gasteiger partial charge < -0.3 is 9.80 Å². The third kappa shape index (κ3) is 2.40. The fourth-order valence-electron chi connectivity index (χ4n) is 3.91. The average Bonchev–Trinajstić information content (AvgIpc) is 3.09. The highest BCUT2D eigenvalue weighted by atomic mass is 16.2. The molecule has 1 spiro atoms. The summed E-state index contributed by atoms with van der Waals surface area (Å²) < 4.78 is 1.80. The monoisotopic (exact) mass is 304 g/mol. The first-order valence-corrected chi connectivity index (χ1v) is 8.07. The van der Waals surface area contributed by atoms with Gasteiger partial charge in [-0.3, -0.25) is 14.3 Å². The molecule has 0 bridgehead atoms. The van der Waals surface area contributed by atoms with Gasteiger partial charge in [0.1, 0.15) is 5.54 Å². The predicted molar refractivity (Wildman–Crippen MR) is 82.1 cm³/mol. The predicted octanol–water partition coefficient (Wildman–Crippen LogP) is 0.966. The minimum atomic E-state index is -0.559. The molecule has 0 saturated carbocycles. The third-order valence-electron chi connectivity index (χ3n) is 5.14. The molecule has 1 unspecified atom stereocenters. The summed E-state index contributed by atoms with van der Waals surface area (Å²) in [5.74, 6) is 0.229. The molecule has 2 aliphatic heterocycles. The Kier molecular flexibility index (Phi) is 3.93. The van der Waals surface area contributed by atoms with Gasteiger partial charge in [0.25, 0.3) is 0 Å². The largest absolute Gasteiger partial charge is 0.344 e. The fourth-order valence-corrected chi connectivity index (χ4v) is 3.91. The highest BCUT2D eigenvalue weighted by molar-refractivity contribution is 5.92. The molecule has 1 atom stereocenters. The van der Waals surface area contributed by atoms with Gasteiger partial charge >= 0.3 is 0 Å². The number of rotatable bonds is 3. The summed E-state index contributed by atoms with van der Waals surface area (Å²) in [6.07, 6.45) is 6.40. The van der Waals surface area contributed by atoms with E-state index >= 15 is 0 Å². The smallest absolute Gasteiger partial charge is 0.248 e. The summed E-state index contributed by atoms with van der Waals surface area (Å²) in [6.45, 7) is 1.52. The normalized spacial score (nSPS) is 25.3. The number of hydrogen-bond acceptors (Lipinski definition) is 3. The topological polar surface area (TPSA) is 58.4 Å². The van der Waals surface area contributed by atoms with Gasteiger partial charge in [-0.25, -0.2) is 0 Å². The summed E-state index contributed by atoms with van der Waals surface area (Å²) in [5.41, 5.74) is 0.491. The SMILES string of the molecule is CN1CCCC2(CCCN2C(=O)CCc2ccnn2C)C1=O. The highest BCUT2D eigenvalue weighted by Crippen LogP contribution is 2.38. The van der Waals surface area contributed by atoms with Crippen molar-refractivity contribution in [3.05, 3.63) is 18.0 Å². The van der Waals surface area contributed by atoms with E-state index in [1.165, 1.54) is 0 Å². The Balaban J connectivity index is 1.71. The first-order valence-electron chi connectivity index (χ1n) is 8.07. The van der Waals surface area contributed by atoms with Gasteiger partial charge in [-0.05, 0) is 38.2 Å². The van der Waals surface area contributed by atoms with Crippen LogP contribution in [-0.2, 0) is 23.1 Å². The number of carbonyl (C=O) groups excluding carboxylic acids is 2. The number of hydrogen-bond donors (Lipinski definition) is 0. The van der Waals surface area contributed by atoms with Crippen molar-refractivity contribution in [2.45, 2.75) is 44.1 Å². The summed E-state index contributed by atoms with van der Waals surface area (Å²) in [6, 6.07) is 1.94. The van der Waals surface area contributed by atoms with E-state index in [4.69, 9.17) is 0 Å². The van der Waals surface area contributed by atoms with Crippen molar-refractivity contribution in [3.63, 3.8) is 0 Å². The van der Waals surface area contributed by atoms with E-state index in [1.54, 1.807) is 15.8 Å². The van der Waals surface area contributed by atoms with Gasteiger partial charge in [0.15, 0.2) is 0 Å². The molecule has 6 nitrogen and oxygen atoms in total. The molecular formula is C16H24N4O2. The number of nitrogens with zero attached hydrogens (tertiary/aromatic N) is 4. The lowest BCUT2D eigenvalue weighted by atomic mass is 9.85. The second kappa shape index (κ2) is 5.74. The number of carbonyl (C=O) groups is 2. The number of aromatic nitrogens is 2. The second-order valence-corrected chi connectivity index (χ2v) is 6.46. The molecule has 2 saturated heterocycles. The molecule has 2 fully saturated rings. The molecule has 1 aromatic heterocycles. The number of likely N-dealkylation sites (tertiary alicyclic amines) is 2. The standard InChI is InChI=1S/C16H24N4O2/c1-18-11-3-8-16(15(18)22)9-4-12-20(16)14(21)6-5-13-7-10-17-19(13)2/h7,10H,3-6,8-9,11-12H2,1-2H3. The molecule has 2 amide bonds. The van der Waals surface area contributed by atoms with Crippen LogP contribution in [0.5, 0.6) is 0 Å². The molecule has 3 heterocycles. The van der Waals surface area contributed by atoms with Crippen LogP contribution in [0.1, 0.15) is 37.8 Å². The van der Waals surface area contributed by atoms with Gasteiger partial charge in [-0.2, -0.15) is 5.10 Å². The van der Waals surface area contributed by atoms with Crippen molar-refractivity contribution >= 4 is 11.8 Å². The lowest BCUT2D eigenvalue weighted by molar-refractivity contribution is -0.154. The van der Waals surface area contributed by atoms with Crippen LogP contribution in [0.3, 0.4) is 0 Å². The number of piperidine rings is 1. The van der Waals surface area contributed by atoms with Crippen molar-refractivity contribution in [3.8, 4) is 0 Å². The van der Waals surface area contributed by atoms with Crippen LogP contribution in [0, 0.1) is 0 Å². The average molecular weight is 304 g/mol. The maximum atomic E-state index is 12.7.